The van der Waals surface area contributed by atoms with Crippen LogP contribution in [-0.2, 0) is 14.8 Å². The van der Waals surface area contributed by atoms with Gasteiger partial charge in [-0.2, -0.15) is 0 Å². The second-order valence-electron chi connectivity index (χ2n) is 17.1. The maximum Gasteiger partial charge on any atom is 0.293 e. The van der Waals surface area contributed by atoms with Crippen LogP contribution in [0.4, 0.5) is 17.1 Å². The van der Waals surface area contributed by atoms with E-state index in [0.29, 0.717) is 50.3 Å². The summed E-state index contributed by atoms with van der Waals surface area (Å²) in [6.07, 6.45) is 9.25. The Morgan fingerprint density at radius 1 is 0.984 bits per heavy atom. The monoisotopic (exact) mass is 912 g/mol. The molecule has 0 saturated carbocycles. The quantitative estimate of drug-likeness (QED) is 0.0242. The van der Waals surface area contributed by atoms with Crippen molar-refractivity contribution >= 4 is 67.1 Å². The molecule has 0 bridgehead atoms. The van der Waals surface area contributed by atoms with Crippen molar-refractivity contribution in [1.82, 2.24) is 25.1 Å². The molecule has 1 aliphatic carbocycles. The number of halogens is 1. The predicted octanol–water partition coefficient (Wildman–Crippen LogP) is 8.69. The number of hydroxylamine groups is 1. The number of ether oxygens (including phenoxy) is 1. The van der Waals surface area contributed by atoms with E-state index in [1.165, 1.54) is 41.1 Å². The number of sulfonamides is 1. The maximum absolute atomic E-state index is 13.9. The third kappa shape index (κ3) is 11.6. The zero-order valence-electron chi connectivity index (χ0n) is 35.9. The highest BCUT2D eigenvalue weighted by molar-refractivity contribution is 7.90. The van der Waals surface area contributed by atoms with Gasteiger partial charge in [0.1, 0.15) is 22.8 Å². The lowest BCUT2D eigenvalue weighted by Crippen LogP contribution is -2.47. The number of nitro groups is 1. The summed E-state index contributed by atoms with van der Waals surface area (Å²) in [5.74, 6) is -1.01. The normalized spacial score (nSPS) is 15.5. The number of rotatable bonds is 18. The van der Waals surface area contributed by atoms with Crippen LogP contribution in [0.5, 0.6) is 11.5 Å². The number of unbranched alkanes of at least 4 members (excludes halogenated alkanes) is 3. The number of nitro benzene ring substituents is 1. The van der Waals surface area contributed by atoms with E-state index < -0.39 is 37.3 Å². The number of piperazine rings is 1. The Morgan fingerprint density at radius 2 is 1.75 bits per heavy atom. The van der Waals surface area contributed by atoms with Crippen LogP contribution >= 0.6 is 11.6 Å². The number of anilines is 2. The number of aromatic nitrogens is 2. The number of fused-ring (bicyclic) bond motifs is 1. The average molecular weight is 913 g/mol. The second-order valence-corrected chi connectivity index (χ2v) is 19.2. The smallest absolute Gasteiger partial charge is 0.293 e. The number of hydrogen-bond donors (Lipinski definition) is 5. The molecule has 0 radical (unpaired) electrons. The van der Waals surface area contributed by atoms with Gasteiger partial charge in [-0.05, 0) is 97.2 Å². The highest BCUT2D eigenvalue weighted by Crippen LogP contribution is 2.43. The van der Waals surface area contributed by atoms with Crippen molar-refractivity contribution in [3.63, 3.8) is 0 Å². The first-order valence-corrected chi connectivity index (χ1v) is 23.3. The minimum Gasteiger partial charge on any atom is -0.455 e. The zero-order chi connectivity index (χ0) is 45.4. The van der Waals surface area contributed by atoms with Gasteiger partial charge in [0.25, 0.3) is 21.6 Å². The van der Waals surface area contributed by atoms with Crippen molar-refractivity contribution in [2.75, 3.05) is 49.5 Å². The summed E-state index contributed by atoms with van der Waals surface area (Å²) < 4.78 is 35.7. The molecule has 16 nitrogen and oxygen atoms in total. The van der Waals surface area contributed by atoms with Gasteiger partial charge >= 0.3 is 0 Å². The van der Waals surface area contributed by atoms with Crippen LogP contribution in [0.3, 0.4) is 0 Å². The van der Waals surface area contributed by atoms with E-state index >= 15 is 0 Å². The van der Waals surface area contributed by atoms with Gasteiger partial charge in [0, 0.05) is 80.1 Å². The van der Waals surface area contributed by atoms with E-state index in [1.54, 1.807) is 29.9 Å². The van der Waals surface area contributed by atoms with Crippen molar-refractivity contribution < 1.29 is 32.9 Å². The molecule has 338 valence electrons. The maximum atomic E-state index is 13.9. The van der Waals surface area contributed by atoms with Crippen molar-refractivity contribution in [2.24, 2.45) is 5.41 Å². The van der Waals surface area contributed by atoms with Crippen LogP contribution in [0.1, 0.15) is 81.1 Å². The minimum atomic E-state index is -4.60. The molecule has 2 amide bonds. The molecule has 7 rings (SSSR count). The number of H-pyrrole nitrogens is 1. The fourth-order valence-electron chi connectivity index (χ4n) is 8.24. The van der Waals surface area contributed by atoms with Crippen molar-refractivity contribution in [2.45, 2.75) is 70.1 Å². The molecule has 1 fully saturated rings. The lowest BCUT2D eigenvalue weighted by atomic mass is 9.72. The molecule has 64 heavy (non-hydrogen) atoms. The molecule has 2 aromatic heterocycles. The van der Waals surface area contributed by atoms with Gasteiger partial charge in [-0.1, -0.05) is 56.0 Å². The standard InChI is InChI=1S/C46H53ClN8O8S/c1-46(2)18-16-33(39(28-46)31-8-10-34(47)11-9-31)30-53-21-23-54(24-22-53)35-12-14-38(42(26-35)63-36-25-32-17-20-49-44(32)50-29-36)45(57)52-64(61,62)37-13-15-40(41(27-37)55(59)60)48-19-6-4-3-5-7-43(56)51-58/h8-15,17,20,25-27,29,48,58H,3-7,16,18-19,21-24,28,30H2,1-2H3,(H,49,50)(H,51,56)(H,52,57). The number of nitrogens with zero attached hydrogens (tertiary/aromatic N) is 4. The first-order chi connectivity index (χ1) is 30.7. The lowest BCUT2D eigenvalue weighted by Gasteiger charge is -2.39. The zero-order valence-corrected chi connectivity index (χ0v) is 37.4. The third-order valence-electron chi connectivity index (χ3n) is 11.8. The SMILES string of the molecule is CC1(C)CCC(CN2CCN(c3ccc(C(=O)NS(=O)(=O)c4ccc(NCCCCCCC(=O)NO)c([N+](=O)[O-])c4)c(Oc4cnc5[nH]ccc5c4)c3)CC2)=C(c2ccc(Cl)cc2)C1. The molecule has 1 saturated heterocycles. The fourth-order valence-corrected chi connectivity index (χ4v) is 9.35. The van der Waals surface area contributed by atoms with E-state index in [2.05, 4.69) is 55.8 Å². The van der Waals surface area contributed by atoms with Gasteiger partial charge in [-0.3, -0.25) is 29.8 Å². The van der Waals surface area contributed by atoms with E-state index in [0.717, 1.165) is 67.5 Å². The Kier molecular flexibility index (Phi) is 14.5. The van der Waals surface area contributed by atoms with E-state index in [-0.39, 0.29) is 28.8 Å². The van der Waals surface area contributed by atoms with Crippen LogP contribution in [0.15, 0.2) is 95.7 Å². The Morgan fingerprint density at radius 3 is 2.50 bits per heavy atom. The first-order valence-electron chi connectivity index (χ1n) is 21.4. The molecule has 5 N–H and O–H groups in total. The largest absolute Gasteiger partial charge is 0.455 e. The highest BCUT2D eigenvalue weighted by Gasteiger charge is 2.30. The molecule has 0 spiro atoms. The van der Waals surface area contributed by atoms with Crippen molar-refractivity contribution in [3.05, 3.63) is 117 Å². The third-order valence-corrected chi connectivity index (χ3v) is 13.4. The predicted molar refractivity (Wildman–Crippen MR) is 247 cm³/mol. The molecule has 18 heteroatoms. The molecule has 3 aromatic carbocycles. The van der Waals surface area contributed by atoms with Crippen LogP contribution in [0.25, 0.3) is 16.6 Å². The summed E-state index contributed by atoms with van der Waals surface area (Å²) in [5, 5.41) is 25.1. The van der Waals surface area contributed by atoms with Crippen LogP contribution < -0.4 is 25.2 Å². The summed E-state index contributed by atoms with van der Waals surface area (Å²) in [6, 6.07) is 20.1. The number of carbonyl (C=O) groups is 2. The highest BCUT2D eigenvalue weighted by atomic mass is 35.5. The Balaban J connectivity index is 1.06. The summed E-state index contributed by atoms with van der Waals surface area (Å²) in [7, 11) is -4.60. The number of carbonyl (C=O) groups excluding carboxylic acids is 2. The molecule has 2 aliphatic rings. The number of nitrogens with one attached hydrogen (secondary N) is 4. The summed E-state index contributed by atoms with van der Waals surface area (Å²) in [6.45, 7) is 8.91. The Hall–Kier alpha value is -6.01. The Labute approximate surface area is 377 Å². The summed E-state index contributed by atoms with van der Waals surface area (Å²) in [5.41, 5.74) is 6.90. The van der Waals surface area contributed by atoms with Gasteiger partial charge in [0.2, 0.25) is 5.91 Å². The molecular weight excluding hydrogens is 860 g/mol. The summed E-state index contributed by atoms with van der Waals surface area (Å²) in [4.78, 5) is 48.1. The Bertz CT molecular complexity index is 2640. The number of pyridine rings is 1. The van der Waals surface area contributed by atoms with E-state index in [9.17, 15) is 28.1 Å². The van der Waals surface area contributed by atoms with Crippen LogP contribution in [0.2, 0.25) is 5.02 Å². The number of allylic oxidation sites excluding steroid dienone is 1. The van der Waals surface area contributed by atoms with Gasteiger partial charge in [0.15, 0.2) is 0 Å². The lowest BCUT2D eigenvalue weighted by molar-refractivity contribution is -0.384. The minimum absolute atomic E-state index is 0.0632. The molecule has 0 atom stereocenters. The van der Waals surface area contributed by atoms with Crippen molar-refractivity contribution in [3.8, 4) is 11.5 Å². The van der Waals surface area contributed by atoms with Crippen LogP contribution in [0, 0.1) is 15.5 Å². The van der Waals surface area contributed by atoms with E-state index in [1.807, 2.05) is 18.2 Å². The average Bonchev–Trinajstić information content (AvgIpc) is 3.75. The molecule has 0 unspecified atom stereocenters. The molecular formula is C46H53ClN8O8S. The van der Waals surface area contributed by atoms with Gasteiger partial charge in [-0.15, -0.1) is 0 Å². The fraction of sp³-hybridized carbons (Fsp3) is 0.370. The summed E-state index contributed by atoms with van der Waals surface area (Å²) >= 11 is 6.24. The van der Waals surface area contributed by atoms with E-state index in [4.69, 9.17) is 21.5 Å². The van der Waals surface area contributed by atoms with Crippen molar-refractivity contribution in [1.29, 1.82) is 0 Å². The first kappa shape index (κ1) is 46.0. The van der Waals surface area contributed by atoms with Gasteiger partial charge in [0.05, 0.1) is 21.6 Å². The van der Waals surface area contributed by atoms with Crippen LogP contribution in [-0.4, -0.2) is 84.5 Å². The van der Waals surface area contributed by atoms with Gasteiger partial charge < -0.3 is 19.9 Å². The molecule has 5 aromatic rings. The molecule has 1 aliphatic heterocycles. The number of hydrogen-bond acceptors (Lipinski definition) is 12. The second kappa shape index (κ2) is 20.2. The number of amides is 2. The molecule has 3 heterocycles. The number of benzene rings is 3. The van der Waals surface area contributed by atoms with Gasteiger partial charge in [-0.25, -0.2) is 23.6 Å². The topological polar surface area (TPSA) is 212 Å². The number of aromatic amines is 1.